The molecule has 0 radical (unpaired) electrons. The fourth-order valence-corrected chi connectivity index (χ4v) is 4.98. The number of carbonyl (C=O) groups is 1. The highest BCUT2D eigenvalue weighted by Crippen LogP contribution is 2.44. The Morgan fingerprint density at radius 3 is 2.46 bits per heavy atom. The predicted octanol–water partition coefficient (Wildman–Crippen LogP) is 5.06. The molecule has 1 amide bonds. The van der Waals surface area contributed by atoms with Crippen molar-refractivity contribution >= 4 is 16.8 Å². The van der Waals surface area contributed by atoms with Crippen molar-refractivity contribution in [1.82, 2.24) is 9.47 Å². The van der Waals surface area contributed by atoms with Crippen LogP contribution in [0.1, 0.15) is 59.6 Å². The van der Waals surface area contributed by atoms with E-state index in [1.54, 1.807) is 0 Å². The number of para-hydroxylation sites is 1. The molecule has 3 aromatic rings. The number of hydrogen-bond donors (Lipinski definition) is 0. The molecule has 1 aromatic heterocycles. The summed E-state index contributed by atoms with van der Waals surface area (Å²) in [7, 11) is 2.10. The van der Waals surface area contributed by atoms with Crippen LogP contribution in [0.15, 0.2) is 54.7 Å². The van der Waals surface area contributed by atoms with Crippen LogP contribution < -0.4 is 0 Å². The Morgan fingerprint density at radius 2 is 1.62 bits per heavy atom. The summed E-state index contributed by atoms with van der Waals surface area (Å²) in [6.07, 6.45) is 8.23. The van der Waals surface area contributed by atoms with Crippen LogP contribution >= 0.6 is 0 Å². The van der Waals surface area contributed by atoms with Crippen LogP contribution in [0, 0.1) is 0 Å². The second kappa shape index (κ2) is 6.01. The Labute approximate surface area is 154 Å². The first-order valence-electron chi connectivity index (χ1n) is 9.71. The van der Waals surface area contributed by atoms with Gasteiger partial charge >= 0.3 is 0 Å². The molecule has 3 heteroatoms. The van der Waals surface area contributed by atoms with Gasteiger partial charge in [-0.2, -0.15) is 0 Å². The average Bonchev–Trinajstić information content (AvgIpc) is 3.18. The Bertz CT molecular complexity index is 981. The highest BCUT2D eigenvalue weighted by molar-refractivity contribution is 6.01. The zero-order chi connectivity index (χ0) is 17.7. The van der Waals surface area contributed by atoms with E-state index in [0.29, 0.717) is 6.04 Å². The first kappa shape index (κ1) is 15.7. The number of nitrogens with zero attached hydrogens (tertiary/aromatic N) is 2. The lowest BCUT2D eigenvalue weighted by Gasteiger charge is -2.36. The average molecular weight is 344 g/mol. The van der Waals surface area contributed by atoms with Gasteiger partial charge in [0.05, 0.1) is 6.04 Å². The third-order valence-electron chi connectivity index (χ3n) is 6.19. The molecule has 3 nitrogen and oxygen atoms in total. The van der Waals surface area contributed by atoms with Gasteiger partial charge in [-0.3, -0.25) is 4.79 Å². The molecule has 2 aliphatic rings. The topological polar surface area (TPSA) is 25.2 Å². The van der Waals surface area contributed by atoms with Gasteiger partial charge in [-0.1, -0.05) is 55.7 Å². The largest absolute Gasteiger partial charge is 0.350 e. The SMILES string of the molecule is Cn1cc([C@@H]2c3ccccc3C(=O)N2C2CCCCC2)c2ccccc21. The predicted molar refractivity (Wildman–Crippen MR) is 104 cm³/mol. The summed E-state index contributed by atoms with van der Waals surface area (Å²) in [4.78, 5) is 15.5. The van der Waals surface area contributed by atoms with Crippen LogP contribution in [0.4, 0.5) is 0 Å². The van der Waals surface area contributed by atoms with Gasteiger partial charge in [0.25, 0.3) is 5.91 Å². The highest BCUT2D eigenvalue weighted by atomic mass is 16.2. The molecule has 5 rings (SSSR count). The maximum atomic E-state index is 13.3. The van der Waals surface area contributed by atoms with Gasteiger partial charge in [0, 0.05) is 41.3 Å². The van der Waals surface area contributed by atoms with Gasteiger partial charge in [-0.15, -0.1) is 0 Å². The lowest BCUT2D eigenvalue weighted by Crippen LogP contribution is -2.39. The normalized spacial score (nSPS) is 20.7. The molecule has 1 atom stereocenters. The van der Waals surface area contributed by atoms with E-state index in [-0.39, 0.29) is 11.9 Å². The van der Waals surface area contributed by atoms with Crippen molar-refractivity contribution in [2.75, 3.05) is 0 Å². The number of amides is 1. The van der Waals surface area contributed by atoms with Gasteiger partial charge in [0.1, 0.15) is 0 Å². The second-order valence-electron chi connectivity index (χ2n) is 7.71. The van der Waals surface area contributed by atoms with E-state index in [1.165, 1.54) is 41.3 Å². The molecule has 0 spiro atoms. The molecule has 0 N–H and O–H groups in total. The maximum absolute atomic E-state index is 13.3. The minimum absolute atomic E-state index is 0.0351. The number of aryl methyl sites for hydroxylation is 1. The second-order valence-corrected chi connectivity index (χ2v) is 7.71. The van der Waals surface area contributed by atoms with E-state index < -0.39 is 0 Å². The molecule has 1 saturated carbocycles. The maximum Gasteiger partial charge on any atom is 0.255 e. The summed E-state index contributed by atoms with van der Waals surface area (Å²) in [5, 5.41) is 1.25. The number of benzene rings is 2. The van der Waals surface area contributed by atoms with E-state index in [4.69, 9.17) is 0 Å². The van der Waals surface area contributed by atoms with Crippen LogP contribution in [0.25, 0.3) is 10.9 Å². The van der Waals surface area contributed by atoms with Crippen molar-refractivity contribution in [2.24, 2.45) is 7.05 Å². The molecule has 2 aromatic carbocycles. The van der Waals surface area contributed by atoms with E-state index in [0.717, 1.165) is 18.4 Å². The zero-order valence-electron chi connectivity index (χ0n) is 15.2. The fraction of sp³-hybridized carbons (Fsp3) is 0.348. The third kappa shape index (κ3) is 2.23. The highest BCUT2D eigenvalue weighted by Gasteiger charge is 2.42. The van der Waals surface area contributed by atoms with Gasteiger partial charge in [0.15, 0.2) is 0 Å². The van der Waals surface area contributed by atoms with Crippen molar-refractivity contribution in [3.63, 3.8) is 0 Å². The molecule has 0 saturated heterocycles. The van der Waals surface area contributed by atoms with E-state index in [2.05, 4.69) is 59.1 Å². The van der Waals surface area contributed by atoms with Crippen molar-refractivity contribution < 1.29 is 4.79 Å². The summed E-state index contributed by atoms with van der Waals surface area (Å²) in [5.74, 6) is 0.213. The van der Waals surface area contributed by atoms with Crippen LogP contribution in [0.5, 0.6) is 0 Å². The van der Waals surface area contributed by atoms with Gasteiger partial charge < -0.3 is 9.47 Å². The Balaban J connectivity index is 1.71. The van der Waals surface area contributed by atoms with Crippen molar-refractivity contribution in [3.05, 3.63) is 71.4 Å². The zero-order valence-corrected chi connectivity index (χ0v) is 15.2. The van der Waals surface area contributed by atoms with E-state index in [1.807, 2.05) is 12.1 Å². The van der Waals surface area contributed by atoms with Crippen LogP contribution in [0.3, 0.4) is 0 Å². The molecule has 26 heavy (non-hydrogen) atoms. The minimum atomic E-state index is 0.0351. The number of carbonyl (C=O) groups excluding carboxylic acids is 1. The Hall–Kier alpha value is -2.55. The van der Waals surface area contributed by atoms with Gasteiger partial charge in [-0.05, 0) is 30.5 Å². The molecule has 132 valence electrons. The molecule has 1 aliphatic heterocycles. The molecule has 2 heterocycles. The van der Waals surface area contributed by atoms with Crippen molar-refractivity contribution in [1.29, 1.82) is 0 Å². The van der Waals surface area contributed by atoms with E-state index >= 15 is 0 Å². The summed E-state index contributed by atoms with van der Waals surface area (Å²) in [5.41, 5.74) is 4.53. The summed E-state index contributed by atoms with van der Waals surface area (Å²) in [6, 6.07) is 17.1. The fourth-order valence-electron chi connectivity index (χ4n) is 4.98. The van der Waals surface area contributed by atoms with Crippen molar-refractivity contribution in [2.45, 2.75) is 44.2 Å². The number of rotatable bonds is 2. The number of hydrogen-bond acceptors (Lipinski definition) is 1. The molecule has 0 unspecified atom stereocenters. The van der Waals surface area contributed by atoms with Crippen LogP contribution in [-0.4, -0.2) is 21.4 Å². The molecular weight excluding hydrogens is 320 g/mol. The lowest BCUT2D eigenvalue weighted by atomic mass is 9.91. The smallest absolute Gasteiger partial charge is 0.255 e. The Morgan fingerprint density at radius 1 is 0.885 bits per heavy atom. The lowest BCUT2D eigenvalue weighted by molar-refractivity contribution is 0.0613. The van der Waals surface area contributed by atoms with Crippen LogP contribution in [-0.2, 0) is 7.05 Å². The molecule has 1 fully saturated rings. The van der Waals surface area contributed by atoms with Crippen molar-refractivity contribution in [3.8, 4) is 0 Å². The molecular formula is C23H24N2O. The summed E-state index contributed by atoms with van der Waals surface area (Å²) >= 11 is 0. The van der Waals surface area contributed by atoms with Gasteiger partial charge in [-0.25, -0.2) is 0 Å². The standard InChI is InChI=1S/C23H24N2O/c1-24-15-20(17-11-7-8-14-21(17)24)22-18-12-5-6-13-19(18)23(26)25(22)16-9-3-2-4-10-16/h5-8,11-16,22H,2-4,9-10H2,1H3/t22-/m0/s1. The van der Waals surface area contributed by atoms with Crippen LogP contribution in [0.2, 0.25) is 0 Å². The molecule has 1 aliphatic carbocycles. The monoisotopic (exact) mass is 344 g/mol. The first-order chi connectivity index (χ1) is 12.8. The van der Waals surface area contributed by atoms with E-state index in [9.17, 15) is 4.79 Å². The van der Waals surface area contributed by atoms with Gasteiger partial charge in [0.2, 0.25) is 0 Å². The summed E-state index contributed by atoms with van der Waals surface area (Å²) in [6.45, 7) is 0. The quantitative estimate of drug-likeness (QED) is 0.638. The first-order valence-corrected chi connectivity index (χ1v) is 9.71. The third-order valence-corrected chi connectivity index (χ3v) is 6.19. The summed E-state index contributed by atoms with van der Waals surface area (Å²) < 4.78 is 2.19. The minimum Gasteiger partial charge on any atom is -0.350 e. The molecule has 0 bridgehead atoms. The Kier molecular flexibility index (Phi) is 3.63. The number of aromatic nitrogens is 1. The number of fused-ring (bicyclic) bond motifs is 2.